The van der Waals surface area contributed by atoms with Gasteiger partial charge in [-0.3, -0.25) is 0 Å². The summed E-state index contributed by atoms with van der Waals surface area (Å²) in [5.74, 6) is 0. The van der Waals surface area contributed by atoms with Gasteiger partial charge >= 0.3 is 0 Å². The van der Waals surface area contributed by atoms with E-state index in [1.165, 1.54) is 57.8 Å². The number of hydrogen-bond donors (Lipinski definition) is 0. The fraction of sp³-hybridized carbons (Fsp3) is 0.882. The van der Waals surface area contributed by atoms with E-state index in [-0.39, 0.29) is 0 Å². The molecule has 0 saturated carbocycles. The third kappa shape index (κ3) is 7.79. The molecule has 0 heterocycles. The Morgan fingerprint density at radius 2 is 1.22 bits per heavy atom. The highest BCUT2D eigenvalue weighted by Gasteiger charge is 2.25. The Morgan fingerprint density at radius 1 is 0.778 bits per heavy atom. The van der Waals surface area contributed by atoms with E-state index in [1.807, 2.05) is 6.26 Å². The van der Waals surface area contributed by atoms with E-state index in [0.717, 1.165) is 6.61 Å². The van der Waals surface area contributed by atoms with Gasteiger partial charge in [0.1, 0.15) is 0 Å². The summed E-state index contributed by atoms with van der Waals surface area (Å²) in [6.45, 7) is 9.70. The van der Waals surface area contributed by atoms with Gasteiger partial charge in [-0.25, -0.2) is 0 Å². The van der Waals surface area contributed by atoms with Crippen LogP contribution in [0.15, 0.2) is 12.3 Å². The molecule has 0 aliphatic rings. The van der Waals surface area contributed by atoms with Crippen molar-refractivity contribution in [3.63, 3.8) is 0 Å². The highest BCUT2D eigenvalue weighted by molar-refractivity contribution is 4.97. The highest BCUT2D eigenvalue weighted by atomic mass is 16.5. The maximum atomic E-state index is 5.45. The number of allylic oxidation sites excluding steroid dienone is 1. The fourth-order valence-electron chi connectivity index (χ4n) is 2.50. The van der Waals surface area contributed by atoms with Gasteiger partial charge in [0.15, 0.2) is 0 Å². The molecule has 0 radical (unpaired) electrons. The molecule has 0 unspecified atom stereocenters. The highest BCUT2D eigenvalue weighted by Crippen LogP contribution is 2.38. The van der Waals surface area contributed by atoms with Crippen LogP contribution in [0.4, 0.5) is 0 Å². The lowest BCUT2D eigenvalue weighted by atomic mass is 9.74. The second kappa shape index (κ2) is 11.6. The molecule has 0 aromatic rings. The van der Waals surface area contributed by atoms with Gasteiger partial charge in [-0.1, -0.05) is 59.3 Å². The summed E-state index contributed by atoms with van der Waals surface area (Å²) in [5.41, 5.74) is 0.400. The Labute approximate surface area is 115 Å². The second-order valence-electron chi connectivity index (χ2n) is 5.43. The molecule has 0 aliphatic carbocycles. The summed E-state index contributed by atoms with van der Waals surface area (Å²) in [5, 5.41) is 0. The van der Waals surface area contributed by atoms with Crippen LogP contribution in [0.3, 0.4) is 0 Å². The van der Waals surface area contributed by atoms with Crippen LogP contribution in [0.2, 0.25) is 0 Å². The van der Waals surface area contributed by atoms with Crippen molar-refractivity contribution in [3.8, 4) is 0 Å². The lowest BCUT2D eigenvalue weighted by Gasteiger charge is -2.31. The van der Waals surface area contributed by atoms with Gasteiger partial charge in [-0.2, -0.15) is 0 Å². The lowest BCUT2D eigenvalue weighted by Crippen LogP contribution is -2.18. The molecular weight excluding hydrogens is 220 g/mol. The minimum Gasteiger partial charge on any atom is -0.502 e. The van der Waals surface area contributed by atoms with Crippen molar-refractivity contribution in [2.75, 3.05) is 6.61 Å². The Kier molecular flexibility index (Phi) is 11.3. The van der Waals surface area contributed by atoms with Crippen molar-refractivity contribution in [2.45, 2.75) is 85.5 Å². The lowest BCUT2D eigenvalue weighted by molar-refractivity contribution is 0.236. The van der Waals surface area contributed by atoms with Gasteiger partial charge in [0, 0.05) is 0 Å². The minimum atomic E-state index is 0.400. The van der Waals surface area contributed by atoms with Crippen LogP contribution in [0.1, 0.15) is 85.5 Å². The number of hydrogen-bond acceptors (Lipinski definition) is 1. The maximum Gasteiger partial charge on any atom is 0.0845 e. The molecule has 1 nitrogen and oxygen atoms in total. The summed E-state index contributed by atoms with van der Waals surface area (Å²) in [6, 6.07) is 0. The van der Waals surface area contributed by atoms with Gasteiger partial charge in [-0.05, 0) is 37.7 Å². The van der Waals surface area contributed by atoms with Gasteiger partial charge in [0.25, 0.3) is 0 Å². The van der Waals surface area contributed by atoms with Crippen molar-refractivity contribution in [1.29, 1.82) is 0 Å². The fourth-order valence-corrected chi connectivity index (χ4v) is 2.50. The smallest absolute Gasteiger partial charge is 0.0845 e. The molecule has 0 saturated heterocycles. The second-order valence-corrected chi connectivity index (χ2v) is 5.43. The van der Waals surface area contributed by atoms with Crippen LogP contribution in [0.5, 0.6) is 0 Å². The number of unbranched alkanes of at least 4 members (excludes halogenated alkanes) is 3. The van der Waals surface area contributed by atoms with Crippen LogP contribution in [0.25, 0.3) is 0 Å². The summed E-state index contributed by atoms with van der Waals surface area (Å²) >= 11 is 0. The van der Waals surface area contributed by atoms with Gasteiger partial charge in [0.2, 0.25) is 0 Å². The van der Waals surface area contributed by atoms with E-state index in [0.29, 0.717) is 5.41 Å². The predicted octanol–water partition coefficient (Wildman–Crippen LogP) is 6.09. The zero-order valence-corrected chi connectivity index (χ0v) is 13.1. The molecule has 0 rings (SSSR count). The third-order valence-corrected chi connectivity index (χ3v) is 3.77. The zero-order valence-electron chi connectivity index (χ0n) is 13.1. The van der Waals surface area contributed by atoms with Gasteiger partial charge < -0.3 is 4.74 Å². The van der Waals surface area contributed by atoms with E-state index in [2.05, 4.69) is 33.8 Å². The quantitative estimate of drug-likeness (QED) is 0.383. The van der Waals surface area contributed by atoms with Crippen molar-refractivity contribution < 1.29 is 4.74 Å². The molecule has 0 aromatic heterocycles. The SMILES string of the molecule is CCCCC(C=COCC)(CCCC)CCCC. The Balaban J connectivity index is 4.61. The summed E-state index contributed by atoms with van der Waals surface area (Å²) in [7, 11) is 0. The van der Waals surface area contributed by atoms with Crippen molar-refractivity contribution in [3.05, 3.63) is 12.3 Å². The topological polar surface area (TPSA) is 9.23 Å². The molecule has 0 amide bonds. The average molecular weight is 254 g/mol. The van der Waals surface area contributed by atoms with E-state index in [9.17, 15) is 0 Å². The van der Waals surface area contributed by atoms with Crippen LogP contribution in [0, 0.1) is 5.41 Å². The summed E-state index contributed by atoms with van der Waals surface area (Å²) in [6.07, 6.45) is 16.2. The van der Waals surface area contributed by atoms with Crippen molar-refractivity contribution >= 4 is 0 Å². The van der Waals surface area contributed by atoms with E-state index in [1.54, 1.807) is 0 Å². The maximum absolute atomic E-state index is 5.45. The monoisotopic (exact) mass is 254 g/mol. The van der Waals surface area contributed by atoms with Crippen LogP contribution in [-0.4, -0.2) is 6.61 Å². The predicted molar refractivity (Wildman–Crippen MR) is 81.8 cm³/mol. The Hall–Kier alpha value is -0.460. The number of ether oxygens (including phenoxy) is 1. The normalized spacial score (nSPS) is 12.2. The first kappa shape index (κ1) is 17.5. The van der Waals surface area contributed by atoms with Crippen LogP contribution >= 0.6 is 0 Å². The summed E-state index contributed by atoms with van der Waals surface area (Å²) < 4.78 is 5.45. The molecule has 108 valence electrons. The molecule has 1 heteroatoms. The van der Waals surface area contributed by atoms with Crippen molar-refractivity contribution in [2.24, 2.45) is 5.41 Å². The zero-order chi connectivity index (χ0) is 13.7. The molecule has 18 heavy (non-hydrogen) atoms. The van der Waals surface area contributed by atoms with E-state index >= 15 is 0 Å². The van der Waals surface area contributed by atoms with E-state index < -0.39 is 0 Å². The van der Waals surface area contributed by atoms with Gasteiger partial charge in [0.05, 0.1) is 12.9 Å². The Bertz CT molecular complexity index is 174. The van der Waals surface area contributed by atoms with Gasteiger partial charge in [-0.15, -0.1) is 0 Å². The minimum absolute atomic E-state index is 0.400. The van der Waals surface area contributed by atoms with Crippen LogP contribution in [-0.2, 0) is 4.74 Å². The summed E-state index contributed by atoms with van der Waals surface area (Å²) in [4.78, 5) is 0. The molecule has 0 aliphatic heterocycles. The molecule has 0 atom stereocenters. The molecule has 0 fully saturated rings. The first-order valence-electron chi connectivity index (χ1n) is 8.04. The van der Waals surface area contributed by atoms with Crippen LogP contribution < -0.4 is 0 Å². The molecular formula is C17H34O. The standard InChI is InChI=1S/C17H34O/c1-5-9-12-17(13-10-6-2,14-11-7-3)15-16-18-8-4/h15-16H,5-14H2,1-4H3. The third-order valence-electron chi connectivity index (χ3n) is 3.77. The molecule has 0 bridgehead atoms. The first-order chi connectivity index (χ1) is 8.74. The largest absolute Gasteiger partial charge is 0.502 e. The molecule has 0 aromatic carbocycles. The van der Waals surface area contributed by atoms with E-state index in [4.69, 9.17) is 4.74 Å². The average Bonchev–Trinajstić information content (AvgIpc) is 2.40. The molecule has 0 spiro atoms. The molecule has 0 N–H and O–H groups in total. The number of rotatable bonds is 12. The van der Waals surface area contributed by atoms with Crippen molar-refractivity contribution in [1.82, 2.24) is 0 Å². The Morgan fingerprint density at radius 3 is 1.56 bits per heavy atom. The first-order valence-corrected chi connectivity index (χ1v) is 8.04.